The van der Waals surface area contributed by atoms with Gasteiger partial charge < -0.3 is 14.6 Å². The number of phenolic OH excluding ortho intramolecular Hbond substituents is 1. The summed E-state index contributed by atoms with van der Waals surface area (Å²) in [4.78, 5) is 35.3. The molecule has 3 rings (SSSR count). The molecule has 280 valence electrons. The molecule has 2 aliphatic heterocycles. The van der Waals surface area contributed by atoms with Gasteiger partial charge in [0.1, 0.15) is 17.5 Å². The summed E-state index contributed by atoms with van der Waals surface area (Å²) < 4.78 is 13.0. The molecule has 1 unspecified atom stereocenters. The predicted molar refractivity (Wildman–Crippen MR) is 201 cm³/mol. The van der Waals surface area contributed by atoms with Gasteiger partial charge in [-0.3, -0.25) is 19.4 Å². The number of benzene rings is 1. The number of aromatic hydroxyl groups is 1. The van der Waals surface area contributed by atoms with E-state index in [2.05, 4.69) is 121 Å². The maximum absolute atomic E-state index is 15.4. The minimum Gasteiger partial charge on any atom is -0.507 e. The number of hydrogen-bond donors (Lipinski definition) is 1. The summed E-state index contributed by atoms with van der Waals surface area (Å²) in [5.41, 5.74) is -1.81. The second kappa shape index (κ2) is 12.8. The number of nitrogens with zero attached hydrogens (tertiary/aromatic N) is 2. The fourth-order valence-corrected chi connectivity index (χ4v) is 8.68. The van der Waals surface area contributed by atoms with Gasteiger partial charge in [0.2, 0.25) is 0 Å². The number of esters is 2. The van der Waals surface area contributed by atoms with E-state index in [9.17, 15) is 5.11 Å². The lowest BCUT2D eigenvalue weighted by atomic mass is 9.60. The van der Waals surface area contributed by atoms with E-state index in [4.69, 9.17) is 9.47 Å². The molecule has 7 heteroatoms. The highest BCUT2D eigenvalue weighted by Crippen LogP contribution is 2.52. The highest BCUT2D eigenvalue weighted by molar-refractivity contribution is 6.01. The monoisotopic (exact) mass is 685 g/mol. The third-order valence-corrected chi connectivity index (χ3v) is 11.9. The Bertz CT molecular complexity index is 1330. The number of carbonyl (C=O) groups is 2. The summed E-state index contributed by atoms with van der Waals surface area (Å²) in [5, 5.41) is 11.6. The molecule has 2 saturated heterocycles. The van der Waals surface area contributed by atoms with Crippen LogP contribution in [0.1, 0.15) is 160 Å². The Balaban J connectivity index is 2.38. The number of piperidine rings is 2. The molecule has 0 saturated carbocycles. The number of likely N-dealkylation sites (tertiary alicyclic amines) is 2. The van der Waals surface area contributed by atoms with Crippen LogP contribution in [-0.2, 0) is 36.3 Å². The van der Waals surface area contributed by atoms with Crippen molar-refractivity contribution in [1.82, 2.24) is 9.80 Å². The van der Waals surface area contributed by atoms with Gasteiger partial charge >= 0.3 is 11.9 Å². The van der Waals surface area contributed by atoms with Crippen LogP contribution < -0.4 is 0 Å². The summed E-state index contributed by atoms with van der Waals surface area (Å²) >= 11 is 0. The van der Waals surface area contributed by atoms with E-state index < -0.39 is 23.0 Å². The van der Waals surface area contributed by atoms with Crippen LogP contribution >= 0.6 is 0 Å². The molecule has 0 aliphatic carbocycles. The molecule has 0 aromatic heterocycles. The Labute approximate surface area is 299 Å². The molecule has 1 N–H and O–H groups in total. The van der Waals surface area contributed by atoms with Crippen molar-refractivity contribution in [2.75, 3.05) is 14.1 Å². The largest absolute Gasteiger partial charge is 0.507 e. The quantitative estimate of drug-likeness (QED) is 0.237. The summed E-state index contributed by atoms with van der Waals surface area (Å²) in [6.45, 7) is 35.6. The first kappa shape index (κ1) is 41.3. The Morgan fingerprint density at radius 2 is 1.06 bits per heavy atom. The highest BCUT2D eigenvalue weighted by atomic mass is 16.6. The van der Waals surface area contributed by atoms with Crippen molar-refractivity contribution < 1.29 is 24.2 Å². The van der Waals surface area contributed by atoms with Gasteiger partial charge in [-0.1, -0.05) is 53.7 Å². The highest BCUT2D eigenvalue weighted by Gasteiger charge is 2.61. The molecule has 1 atom stereocenters. The van der Waals surface area contributed by atoms with Crippen molar-refractivity contribution in [2.45, 2.75) is 194 Å². The number of phenols is 1. The van der Waals surface area contributed by atoms with Crippen LogP contribution in [0.15, 0.2) is 12.1 Å². The molecule has 2 heterocycles. The van der Waals surface area contributed by atoms with Gasteiger partial charge in [0, 0.05) is 35.0 Å². The minimum absolute atomic E-state index is 0.118. The van der Waals surface area contributed by atoms with Gasteiger partial charge in [0.25, 0.3) is 0 Å². The van der Waals surface area contributed by atoms with Crippen molar-refractivity contribution in [2.24, 2.45) is 11.3 Å². The van der Waals surface area contributed by atoms with E-state index in [1.165, 1.54) is 0 Å². The zero-order valence-corrected chi connectivity index (χ0v) is 34.8. The molecule has 2 fully saturated rings. The van der Waals surface area contributed by atoms with Crippen LogP contribution in [0.2, 0.25) is 0 Å². The smallest absolute Gasteiger partial charge is 0.324 e. The predicted octanol–water partition coefficient (Wildman–Crippen LogP) is 8.95. The Hall–Kier alpha value is -2.12. The molecular formula is C42H72N2O5. The van der Waals surface area contributed by atoms with Gasteiger partial charge in [-0.15, -0.1) is 0 Å². The normalized spacial score (nSPS) is 23.5. The van der Waals surface area contributed by atoms with Crippen molar-refractivity contribution in [3.8, 4) is 5.75 Å². The van der Waals surface area contributed by atoms with Gasteiger partial charge in [-0.25, -0.2) is 0 Å². The Morgan fingerprint density at radius 3 is 1.41 bits per heavy atom. The average Bonchev–Trinajstić information content (AvgIpc) is 2.86. The first-order valence-electron chi connectivity index (χ1n) is 18.5. The van der Waals surface area contributed by atoms with Gasteiger partial charge in [0.15, 0.2) is 5.41 Å². The molecular weight excluding hydrogens is 612 g/mol. The fraction of sp³-hybridized carbons (Fsp3) is 0.810. The molecule has 1 aromatic rings. The van der Waals surface area contributed by atoms with Crippen LogP contribution in [0.3, 0.4) is 0 Å². The van der Waals surface area contributed by atoms with E-state index in [-0.39, 0.29) is 57.2 Å². The first-order valence-corrected chi connectivity index (χ1v) is 18.5. The molecule has 7 nitrogen and oxygen atoms in total. The third kappa shape index (κ3) is 8.51. The van der Waals surface area contributed by atoms with Crippen LogP contribution in [0.5, 0.6) is 5.75 Å². The van der Waals surface area contributed by atoms with E-state index in [0.29, 0.717) is 25.7 Å². The second-order valence-electron chi connectivity index (χ2n) is 21.1. The molecule has 49 heavy (non-hydrogen) atoms. The first-order chi connectivity index (χ1) is 21.7. The van der Waals surface area contributed by atoms with Crippen LogP contribution in [0.4, 0.5) is 0 Å². The third-order valence-electron chi connectivity index (χ3n) is 11.9. The molecule has 0 bridgehead atoms. The molecule has 0 radical (unpaired) electrons. The molecule has 1 aromatic carbocycles. The number of carbonyl (C=O) groups excluding carboxylic acids is 2. The molecule has 2 aliphatic rings. The maximum atomic E-state index is 15.4. The van der Waals surface area contributed by atoms with E-state index >= 15 is 9.59 Å². The van der Waals surface area contributed by atoms with E-state index in [1.807, 2.05) is 32.9 Å². The van der Waals surface area contributed by atoms with Crippen molar-refractivity contribution >= 4 is 11.9 Å². The van der Waals surface area contributed by atoms with Gasteiger partial charge in [-0.05, 0) is 143 Å². The minimum atomic E-state index is -1.62. The number of hydrogen-bond acceptors (Lipinski definition) is 7. The zero-order chi connectivity index (χ0) is 38.1. The number of ether oxygens (including phenoxy) is 2. The van der Waals surface area contributed by atoms with Crippen molar-refractivity contribution in [3.63, 3.8) is 0 Å². The van der Waals surface area contributed by atoms with Crippen molar-refractivity contribution in [1.29, 1.82) is 0 Å². The Kier molecular flexibility index (Phi) is 10.8. The van der Waals surface area contributed by atoms with Gasteiger partial charge in [0.05, 0.1) is 0 Å². The van der Waals surface area contributed by atoms with E-state index in [0.717, 1.165) is 16.7 Å². The Morgan fingerprint density at radius 1 is 0.694 bits per heavy atom. The van der Waals surface area contributed by atoms with E-state index in [1.54, 1.807) is 0 Å². The zero-order valence-electron chi connectivity index (χ0n) is 34.8. The summed E-state index contributed by atoms with van der Waals surface area (Å²) in [7, 11) is 4.27. The SMILES string of the molecule is CN1C(C)(C)CC(OC(=O)C(Cc2cc(C(C)(C)C)c(O)c(C(C)(C)C)c2)(C(=O)OC(C)(C)C)C2CC(C)(C)N(C)C(C)(C)C2)CC1(C)C. The lowest BCUT2D eigenvalue weighted by molar-refractivity contribution is -0.196. The van der Waals surface area contributed by atoms with Crippen LogP contribution in [0, 0.1) is 11.3 Å². The second-order valence-corrected chi connectivity index (χ2v) is 21.1. The molecule has 0 spiro atoms. The summed E-state index contributed by atoms with van der Waals surface area (Å²) in [6, 6.07) is 4.01. The lowest BCUT2D eigenvalue weighted by Crippen LogP contribution is -2.64. The standard InChI is InChI=1S/C42H72N2O5/c1-35(2,3)30-20-27(21-31(32(30)45)36(4,5)6)22-42(34(47)49-37(7,8)9,28-23-38(10,11)43(18)39(12,13)24-28)33(46)48-29-25-40(14,15)44(19)41(16,17)26-29/h20-21,28-29,45H,22-26H2,1-19H3. The maximum Gasteiger partial charge on any atom is 0.324 e. The lowest BCUT2D eigenvalue weighted by Gasteiger charge is -2.57. The van der Waals surface area contributed by atoms with Crippen molar-refractivity contribution in [3.05, 3.63) is 28.8 Å². The average molecular weight is 685 g/mol. The number of rotatable bonds is 6. The fourth-order valence-electron chi connectivity index (χ4n) is 8.68. The van der Waals surface area contributed by atoms with Gasteiger partial charge in [-0.2, -0.15) is 0 Å². The molecule has 0 amide bonds. The van der Waals surface area contributed by atoms with Crippen LogP contribution in [0.25, 0.3) is 0 Å². The topological polar surface area (TPSA) is 79.3 Å². The summed E-state index contributed by atoms with van der Waals surface area (Å²) in [6.07, 6.45) is 2.30. The van der Waals surface area contributed by atoms with Crippen LogP contribution in [-0.4, -0.2) is 74.8 Å². The summed E-state index contributed by atoms with van der Waals surface area (Å²) in [5.74, 6) is -1.12.